The number of ether oxygens (including phenoxy) is 1. The number of amides is 1. The molecule has 1 rings (SSSR count). The zero-order valence-electron chi connectivity index (χ0n) is 13.7. The van der Waals surface area contributed by atoms with Gasteiger partial charge in [0.2, 0.25) is 0 Å². The largest absolute Gasteiger partial charge is 0.444 e. The quantitative estimate of drug-likeness (QED) is 0.744. The summed E-state index contributed by atoms with van der Waals surface area (Å²) in [6.07, 6.45) is 2.80. The van der Waals surface area contributed by atoms with E-state index < -0.39 is 5.60 Å². The van der Waals surface area contributed by atoms with Gasteiger partial charge in [0.05, 0.1) is 0 Å². The minimum atomic E-state index is -0.429. The smallest absolute Gasteiger partial charge is 0.407 e. The molecule has 0 aromatic heterocycles. The molecular weight excluding hydrogens is 264 g/mol. The van der Waals surface area contributed by atoms with Crippen LogP contribution in [0.1, 0.15) is 45.6 Å². The van der Waals surface area contributed by atoms with Crippen LogP contribution in [0.5, 0.6) is 0 Å². The molecule has 0 heterocycles. The van der Waals surface area contributed by atoms with E-state index in [0.717, 1.165) is 31.5 Å². The molecule has 0 fully saturated rings. The molecule has 21 heavy (non-hydrogen) atoms. The van der Waals surface area contributed by atoms with E-state index in [1.165, 1.54) is 5.56 Å². The third-order valence-electron chi connectivity index (χ3n) is 2.90. The molecule has 0 atom stereocenters. The van der Waals surface area contributed by atoms with Crippen LogP contribution in [0, 0.1) is 6.92 Å². The highest BCUT2D eigenvalue weighted by Crippen LogP contribution is 2.09. The first-order valence-corrected chi connectivity index (χ1v) is 7.64. The maximum absolute atomic E-state index is 11.4. The van der Waals surface area contributed by atoms with E-state index in [-0.39, 0.29) is 6.09 Å². The van der Waals surface area contributed by atoms with Crippen molar-refractivity contribution in [3.05, 3.63) is 29.8 Å². The average molecular weight is 292 g/mol. The highest BCUT2D eigenvalue weighted by Gasteiger charge is 2.15. The van der Waals surface area contributed by atoms with Gasteiger partial charge in [0.25, 0.3) is 0 Å². The molecule has 1 aromatic rings. The van der Waals surface area contributed by atoms with Gasteiger partial charge in [-0.05, 0) is 59.1 Å². The van der Waals surface area contributed by atoms with Gasteiger partial charge in [0.15, 0.2) is 0 Å². The van der Waals surface area contributed by atoms with Gasteiger partial charge in [-0.3, -0.25) is 0 Å². The summed E-state index contributed by atoms with van der Waals surface area (Å²) in [5, 5.41) is 6.16. The lowest BCUT2D eigenvalue weighted by Crippen LogP contribution is -2.33. The molecule has 4 heteroatoms. The van der Waals surface area contributed by atoms with Crippen molar-refractivity contribution in [1.29, 1.82) is 0 Å². The SMILES string of the molecule is Cc1ccc(NCCCCCNC(=O)OC(C)(C)C)cc1. The average Bonchev–Trinajstić information content (AvgIpc) is 2.37. The van der Waals surface area contributed by atoms with Crippen LogP contribution < -0.4 is 10.6 Å². The van der Waals surface area contributed by atoms with Gasteiger partial charge in [-0.25, -0.2) is 4.79 Å². The van der Waals surface area contributed by atoms with Crippen molar-refractivity contribution in [2.24, 2.45) is 0 Å². The number of benzene rings is 1. The molecule has 0 unspecified atom stereocenters. The molecule has 0 bridgehead atoms. The van der Waals surface area contributed by atoms with Gasteiger partial charge < -0.3 is 15.4 Å². The first-order chi connectivity index (χ1) is 9.87. The predicted molar refractivity (Wildman–Crippen MR) is 87.8 cm³/mol. The minimum Gasteiger partial charge on any atom is -0.444 e. The summed E-state index contributed by atoms with van der Waals surface area (Å²) in [6, 6.07) is 8.40. The number of rotatable bonds is 7. The molecule has 0 radical (unpaired) electrons. The molecule has 2 N–H and O–H groups in total. The molecular formula is C17H28N2O2. The Hall–Kier alpha value is -1.71. The third-order valence-corrected chi connectivity index (χ3v) is 2.90. The number of nitrogens with one attached hydrogen (secondary N) is 2. The van der Waals surface area contributed by atoms with Crippen LogP contribution in [-0.2, 0) is 4.74 Å². The summed E-state index contributed by atoms with van der Waals surface area (Å²) in [5.41, 5.74) is 2.00. The topological polar surface area (TPSA) is 50.4 Å². The van der Waals surface area contributed by atoms with E-state index >= 15 is 0 Å². The number of hydrogen-bond donors (Lipinski definition) is 2. The Bertz CT molecular complexity index is 421. The Labute approximate surface area is 128 Å². The number of carbonyl (C=O) groups excluding carboxylic acids is 1. The number of aryl methyl sites for hydroxylation is 1. The highest BCUT2D eigenvalue weighted by atomic mass is 16.6. The second-order valence-corrected chi connectivity index (χ2v) is 6.28. The second-order valence-electron chi connectivity index (χ2n) is 6.28. The first kappa shape index (κ1) is 17.3. The summed E-state index contributed by atoms with van der Waals surface area (Å²) >= 11 is 0. The van der Waals surface area contributed by atoms with Crippen LogP contribution in [0.3, 0.4) is 0 Å². The summed E-state index contributed by atoms with van der Waals surface area (Å²) in [6.45, 7) is 9.30. The Kier molecular flexibility index (Phi) is 7.06. The normalized spacial score (nSPS) is 11.0. The molecule has 0 saturated carbocycles. The van der Waals surface area contributed by atoms with Crippen molar-refractivity contribution in [3.8, 4) is 0 Å². The summed E-state index contributed by atoms with van der Waals surface area (Å²) in [4.78, 5) is 11.4. The maximum Gasteiger partial charge on any atom is 0.407 e. The highest BCUT2D eigenvalue weighted by molar-refractivity contribution is 5.67. The van der Waals surface area contributed by atoms with E-state index in [9.17, 15) is 4.79 Å². The molecule has 0 aliphatic carbocycles. The molecule has 4 nitrogen and oxygen atoms in total. The Morgan fingerprint density at radius 1 is 1.05 bits per heavy atom. The fourth-order valence-electron chi connectivity index (χ4n) is 1.84. The van der Waals surface area contributed by atoms with Crippen LogP contribution in [-0.4, -0.2) is 24.8 Å². The van der Waals surface area contributed by atoms with E-state index in [1.54, 1.807) is 0 Å². The van der Waals surface area contributed by atoms with Gasteiger partial charge in [0.1, 0.15) is 5.60 Å². The van der Waals surface area contributed by atoms with Crippen LogP contribution in [0.25, 0.3) is 0 Å². The monoisotopic (exact) mass is 292 g/mol. The number of hydrogen-bond acceptors (Lipinski definition) is 3. The standard InChI is InChI=1S/C17H28N2O2/c1-14-8-10-15(11-9-14)18-12-6-5-7-13-19-16(20)21-17(2,3)4/h8-11,18H,5-7,12-13H2,1-4H3,(H,19,20). The van der Waals surface area contributed by atoms with E-state index in [4.69, 9.17) is 4.74 Å². The van der Waals surface area contributed by atoms with E-state index in [2.05, 4.69) is 41.8 Å². The van der Waals surface area contributed by atoms with Crippen molar-refractivity contribution < 1.29 is 9.53 Å². The first-order valence-electron chi connectivity index (χ1n) is 7.64. The molecule has 0 aliphatic rings. The fraction of sp³-hybridized carbons (Fsp3) is 0.588. The number of unbranched alkanes of at least 4 members (excludes halogenated alkanes) is 2. The van der Waals surface area contributed by atoms with Gasteiger partial charge in [0, 0.05) is 18.8 Å². The number of carbonyl (C=O) groups is 1. The summed E-state index contributed by atoms with van der Waals surface area (Å²) in [5.74, 6) is 0. The van der Waals surface area contributed by atoms with Crippen molar-refractivity contribution in [2.75, 3.05) is 18.4 Å². The van der Waals surface area contributed by atoms with Crippen LogP contribution >= 0.6 is 0 Å². The van der Waals surface area contributed by atoms with Gasteiger partial charge in [-0.1, -0.05) is 17.7 Å². The van der Waals surface area contributed by atoms with Crippen molar-refractivity contribution in [1.82, 2.24) is 5.32 Å². The minimum absolute atomic E-state index is 0.333. The molecule has 118 valence electrons. The molecule has 0 saturated heterocycles. The zero-order valence-corrected chi connectivity index (χ0v) is 13.7. The maximum atomic E-state index is 11.4. The van der Waals surface area contributed by atoms with Crippen LogP contribution in [0.4, 0.5) is 10.5 Å². The van der Waals surface area contributed by atoms with Crippen LogP contribution in [0.2, 0.25) is 0 Å². The Morgan fingerprint density at radius 2 is 1.67 bits per heavy atom. The van der Waals surface area contributed by atoms with E-state index in [0.29, 0.717) is 6.54 Å². The molecule has 1 aromatic carbocycles. The van der Waals surface area contributed by atoms with Crippen molar-refractivity contribution >= 4 is 11.8 Å². The number of anilines is 1. The molecule has 0 spiro atoms. The van der Waals surface area contributed by atoms with E-state index in [1.807, 2.05) is 20.8 Å². The lowest BCUT2D eigenvalue weighted by atomic mass is 10.2. The third kappa shape index (κ3) is 8.95. The lowest BCUT2D eigenvalue weighted by Gasteiger charge is -2.19. The number of alkyl carbamates (subject to hydrolysis) is 1. The van der Waals surface area contributed by atoms with Crippen molar-refractivity contribution in [2.45, 2.75) is 52.6 Å². The fourth-order valence-corrected chi connectivity index (χ4v) is 1.84. The predicted octanol–water partition coefficient (Wildman–Crippen LogP) is 4.10. The Balaban J connectivity index is 2.00. The Morgan fingerprint density at radius 3 is 2.29 bits per heavy atom. The summed E-state index contributed by atoms with van der Waals surface area (Å²) in [7, 11) is 0. The zero-order chi connectivity index (χ0) is 15.7. The second kappa shape index (κ2) is 8.55. The molecule has 0 aliphatic heterocycles. The van der Waals surface area contributed by atoms with Gasteiger partial charge in [-0.2, -0.15) is 0 Å². The molecule has 1 amide bonds. The van der Waals surface area contributed by atoms with Crippen LogP contribution in [0.15, 0.2) is 24.3 Å². The summed E-state index contributed by atoms with van der Waals surface area (Å²) < 4.78 is 5.17. The van der Waals surface area contributed by atoms with Gasteiger partial charge >= 0.3 is 6.09 Å². The van der Waals surface area contributed by atoms with Gasteiger partial charge in [-0.15, -0.1) is 0 Å². The van der Waals surface area contributed by atoms with Crippen molar-refractivity contribution in [3.63, 3.8) is 0 Å². The lowest BCUT2D eigenvalue weighted by molar-refractivity contribution is 0.0527.